The zero-order chi connectivity index (χ0) is 18.2. The first-order chi connectivity index (χ1) is 12.0. The quantitative estimate of drug-likeness (QED) is 0.669. The van der Waals surface area contributed by atoms with Crippen molar-refractivity contribution < 1.29 is 14.3 Å². The number of urea groups is 1. The number of amides is 2. The Labute approximate surface area is 146 Å². The Kier molecular flexibility index (Phi) is 6.50. The number of hydrogen-bond acceptors (Lipinski definition) is 5. The summed E-state index contributed by atoms with van der Waals surface area (Å²) in [6.45, 7) is 6.02. The van der Waals surface area contributed by atoms with Crippen molar-refractivity contribution in [2.75, 3.05) is 11.9 Å². The van der Waals surface area contributed by atoms with E-state index in [1.807, 2.05) is 32.0 Å². The Morgan fingerprint density at radius 3 is 2.60 bits per heavy atom. The summed E-state index contributed by atoms with van der Waals surface area (Å²) >= 11 is 0. The van der Waals surface area contributed by atoms with Gasteiger partial charge in [0, 0.05) is 5.69 Å². The van der Waals surface area contributed by atoms with Crippen LogP contribution in [0.15, 0.2) is 30.3 Å². The van der Waals surface area contributed by atoms with Gasteiger partial charge in [-0.25, -0.2) is 14.6 Å². The topological polar surface area (TPSA) is 109 Å². The number of anilines is 1. The van der Waals surface area contributed by atoms with Crippen LogP contribution in [0.1, 0.15) is 49.7 Å². The van der Waals surface area contributed by atoms with Crippen LogP contribution < -0.4 is 10.6 Å². The van der Waals surface area contributed by atoms with Crippen LogP contribution in [0.25, 0.3) is 0 Å². The molecule has 0 aliphatic heterocycles. The van der Waals surface area contributed by atoms with Crippen LogP contribution in [0.2, 0.25) is 0 Å². The Balaban J connectivity index is 2.08. The van der Waals surface area contributed by atoms with E-state index in [0.29, 0.717) is 23.9 Å². The minimum atomic E-state index is -0.595. The third kappa shape index (κ3) is 5.59. The van der Waals surface area contributed by atoms with Crippen molar-refractivity contribution >= 4 is 17.7 Å². The highest BCUT2D eigenvalue weighted by atomic mass is 16.5. The number of benzene rings is 1. The van der Waals surface area contributed by atoms with Gasteiger partial charge in [0.05, 0.1) is 12.6 Å². The molecule has 1 aromatic carbocycles. The SMILES string of the molecule is CCOC(=O)c1n[nH]c([C@H](CC(C)C)NC(=O)Nc2ccccc2)n1. The molecule has 2 rings (SSSR count). The van der Waals surface area contributed by atoms with Gasteiger partial charge in [0.1, 0.15) is 5.82 Å². The fourth-order valence-corrected chi connectivity index (χ4v) is 2.27. The Hall–Kier alpha value is -2.90. The van der Waals surface area contributed by atoms with Crippen molar-refractivity contribution in [2.45, 2.75) is 33.2 Å². The Morgan fingerprint density at radius 2 is 1.96 bits per heavy atom. The molecular formula is C17H23N5O3. The molecule has 0 unspecified atom stereocenters. The van der Waals surface area contributed by atoms with Crippen molar-refractivity contribution in [2.24, 2.45) is 5.92 Å². The lowest BCUT2D eigenvalue weighted by atomic mass is 10.0. The number of para-hydroxylation sites is 1. The maximum Gasteiger partial charge on any atom is 0.378 e. The number of esters is 1. The van der Waals surface area contributed by atoms with Gasteiger partial charge in [-0.1, -0.05) is 32.0 Å². The first-order valence-electron chi connectivity index (χ1n) is 8.21. The lowest BCUT2D eigenvalue weighted by Gasteiger charge is -2.18. The molecule has 8 heteroatoms. The van der Waals surface area contributed by atoms with E-state index in [4.69, 9.17) is 4.74 Å². The fourth-order valence-electron chi connectivity index (χ4n) is 2.27. The molecule has 0 aliphatic carbocycles. The molecule has 0 aliphatic rings. The van der Waals surface area contributed by atoms with Crippen molar-refractivity contribution in [3.8, 4) is 0 Å². The van der Waals surface area contributed by atoms with Crippen LogP contribution in [-0.2, 0) is 4.74 Å². The van der Waals surface area contributed by atoms with Crippen LogP contribution in [0.4, 0.5) is 10.5 Å². The first kappa shape index (κ1) is 18.4. The van der Waals surface area contributed by atoms with E-state index in [-0.39, 0.29) is 18.5 Å². The number of ether oxygens (including phenoxy) is 1. The highest BCUT2D eigenvalue weighted by molar-refractivity contribution is 5.89. The molecule has 0 fully saturated rings. The van der Waals surface area contributed by atoms with Gasteiger partial charge in [-0.3, -0.25) is 5.10 Å². The zero-order valence-electron chi connectivity index (χ0n) is 14.6. The van der Waals surface area contributed by atoms with Crippen molar-refractivity contribution in [3.05, 3.63) is 42.0 Å². The number of carbonyl (C=O) groups is 2. The Morgan fingerprint density at radius 1 is 1.24 bits per heavy atom. The first-order valence-corrected chi connectivity index (χ1v) is 8.21. The highest BCUT2D eigenvalue weighted by Crippen LogP contribution is 2.18. The normalized spacial score (nSPS) is 11.8. The van der Waals surface area contributed by atoms with Crippen LogP contribution in [0, 0.1) is 5.92 Å². The summed E-state index contributed by atoms with van der Waals surface area (Å²) in [5.41, 5.74) is 0.688. The second kappa shape index (κ2) is 8.81. The summed E-state index contributed by atoms with van der Waals surface area (Å²) in [6, 6.07) is 8.38. The van der Waals surface area contributed by atoms with Gasteiger partial charge >= 0.3 is 12.0 Å². The molecule has 2 aromatic rings. The van der Waals surface area contributed by atoms with E-state index in [0.717, 1.165) is 0 Å². The monoisotopic (exact) mass is 345 g/mol. The molecular weight excluding hydrogens is 322 g/mol. The number of aromatic nitrogens is 3. The number of H-pyrrole nitrogens is 1. The number of rotatable bonds is 7. The van der Waals surface area contributed by atoms with Gasteiger partial charge in [0.15, 0.2) is 0 Å². The van der Waals surface area contributed by atoms with E-state index in [9.17, 15) is 9.59 Å². The predicted molar refractivity (Wildman–Crippen MR) is 93.1 cm³/mol. The number of nitrogens with one attached hydrogen (secondary N) is 3. The second-order valence-corrected chi connectivity index (χ2v) is 5.91. The molecule has 0 saturated heterocycles. The minimum Gasteiger partial charge on any atom is -0.460 e. The predicted octanol–water partition coefficient (Wildman–Crippen LogP) is 2.89. The van der Waals surface area contributed by atoms with E-state index in [1.165, 1.54) is 0 Å². The van der Waals surface area contributed by atoms with Crippen LogP contribution in [0.3, 0.4) is 0 Å². The van der Waals surface area contributed by atoms with Gasteiger partial charge in [0.2, 0.25) is 0 Å². The zero-order valence-corrected chi connectivity index (χ0v) is 14.6. The fraction of sp³-hybridized carbons (Fsp3) is 0.412. The number of aromatic amines is 1. The molecule has 1 atom stereocenters. The molecule has 8 nitrogen and oxygen atoms in total. The molecule has 0 saturated carbocycles. The summed E-state index contributed by atoms with van der Waals surface area (Å²) in [7, 11) is 0. The summed E-state index contributed by atoms with van der Waals surface area (Å²) in [5, 5.41) is 12.2. The maximum absolute atomic E-state index is 12.2. The third-order valence-electron chi connectivity index (χ3n) is 3.33. The van der Waals surface area contributed by atoms with Gasteiger partial charge < -0.3 is 15.4 Å². The molecule has 2 amide bonds. The molecule has 1 aromatic heterocycles. The summed E-state index contributed by atoms with van der Waals surface area (Å²) in [5.74, 6) is 0.0797. The van der Waals surface area contributed by atoms with Crippen LogP contribution in [0.5, 0.6) is 0 Å². The summed E-state index contributed by atoms with van der Waals surface area (Å²) in [6.07, 6.45) is 0.639. The minimum absolute atomic E-state index is 0.0455. The van der Waals surface area contributed by atoms with Crippen molar-refractivity contribution in [1.29, 1.82) is 0 Å². The van der Waals surface area contributed by atoms with E-state index in [1.54, 1.807) is 19.1 Å². The average Bonchev–Trinajstić information content (AvgIpc) is 3.05. The van der Waals surface area contributed by atoms with Crippen molar-refractivity contribution in [1.82, 2.24) is 20.5 Å². The number of hydrogen-bond donors (Lipinski definition) is 3. The molecule has 0 spiro atoms. The smallest absolute Gasteiger partial charge is 0.378 e. The van der Waals surface area contributed by atoms with Crippen LogP contribution >= 0.6 is 0 Å². The van der Waals surface area contributed by atoms with Gasteiger partial charge in [0.25, 0.3) is 5.82 Å². The second-order valence-electron chi connectivity index (χ2n) is 5.91. The standard InChI is InChI=1S/C17H23N5O3/c1-4-25-16(23)15-20-14(21-22-15)13(10-11(2)3)19-17(24)18-12-8-6-5-7-9-12/h5-9,11,13H,4,10H2,1-3H3,(H2,18,19,24)(H,20,21,22)/t13-/m0/s1. The van der Waals surface area contributed by atoms with Gasteiger partial charge in [-0.2, -0.15) is 0 Å². The van der Waals surface area contributed by atoms with Gasteiger partial charge in [-0.15, -0.1) is 5.10 Å². The molecule has 3 N–H and O–H groups in total. The van der Waals surface area contributed by atoms with E-state index < -0.39 is 12.0 Å². The van der Waals surface area contributed by atoms with Gasteiger partial charge in [-0.05, 0) is 31.4 Å². The van der Waals surface area contributed by atoms with Crippen molar-refractivity contribution in [3.63, 3.8) is 0 Å². The van der Waals surface area contributed by atoms with Crippen LogP contribution in [-0.4, -0.2) is 33.8 Å². The lowest BCUT2D eigenvalue weighted by Crippen LogP contribution is -2.34. The molecule has 1 heterocycles. The van der Waals surface area contributed by atoms with E-state index >= 15 is 0 Å². The average molecular weight is 345 g/mol. The Bertz CT molecular complexity index is 699. The molecule has 0 radical (unpaired) electrons. The molecule has 25 heavy (non-hydrogen) atoms. The van der Waals surface area contributed by atoms with E-state index in [2.05, 4.69) is 25.8 Å². The highest BCUT2D eigenvalue weighted by Gasteiger charge is 2.22. The molecule has 134 valence electrons. The number of nitrogens with zero attached hydrogens (tertiary/aromatic N) is 2. The summed E-state index contributed by atoms with van der Waals surface area (Å²) < 4.78 is 4.88. The maximum atomic E-state index is 12.2. The lowest BCUT2D eigenvalue weighted by molar-refractivity contribution is 0.0512. The summed E-state index contributed by atoms with van der Waals surface area (Å²) in [4.78, 5) is 28.1. The molecule has 0 bridgehead atoms. The third-order valence-corrected chi connectivity index (χ3v) is 3.33. The largest absolute Gasteiger partial charge is 0.460 e. The number of carbonyl (C=O) groups excluding carboxylic acids is 2.